The van der Waals surface area contributed by atoms with Gasteiger partial charge in [-0.15, -0.1) is 11.6 Å². The Morgan fingerprint density at radius 2 is 1.93 bits per heavy atom. The molecular weight excluding hydrogens is 242 g/mol. The summed E-state index contributed by atoms with van der Waals surface area (Å²) in [6.07, 6.45) is 3.66. The molecule has 0 spiro atoms. The van der Waals surface area contributed by atoms with E-state index in [2.05, 4.69) is 0 Å². The van der Waals surface area contributed by atoms with Gasteiger partial charge in [0.05, 0.1) is 10.0 Å². The average Bonchev–Trinajstić information content (AvgIpc) is 2.18. The number of rotatable bonds is 4. The quantitative estimate of drug-likeness (QED) is 0.576. The van der Waals surface area contributed by atoms with E-state index in [4.69, 9.17) is 39.5 Å². The maximum absolute atomic E-state index is 5.80. The zero-order valence-corrected chi connectivity index (χ0v) is 9.61. The van der Waals surface area contributed by atoms with Crippen molar-refractivity contribution in [2.24, 2.45) is 0 Å². The highest BCUT2D eigenvalue weighted by molar-refractivity contribution is 6.42. The minimum absolute atomic E-state index is 0.477. The Hall–Kier alpha value is -0.370. The van der Waals surface area contributed by atoms with E-state index in [-0.39, 0.29) is 0 Å². The normalized spacial score (nSPS) is 10.8. The summed E-state index contributed by atoms with van der Waals surface area (Å²) in [4.78, 5) is 0. The maximum Gasteiger partial charge on any atom is 0.121 e. The minimum atomic E-state index is 0.477. The second-order valence-corrected chi connectivity index (χ2v) is 3.64. The molecule has 14 heavy (non-hydrogen) atoms. The van der Waals surface area contributed by atoms with Gasteiger partial charge in [-0.05, 0) is 12.1 Å². The second kappa shape index (κ2) is 6.18. The van der Waals surface area contributed by atoms with E-state index in [1.54, 1.807) is 18.2 Å². The van der Waals surface area contributed by atoms with Crippen molar-refractivity contribution in [3.8, 4) is 5.75 Å². The number of hydrogen-bond donors (Lipinski definition) is 0. The third kappa shape index (κ3) is 3.79. The van der Waals surface area contributed by atoms with Crippen LogP contribution in [0.15, 0.2) is 30.4 Å². The van der Waals surface area contributed by atoms with Crippen molar-refractivity contribution >= 4 is 34.8 Å². The number of ether oxygens (including phenoxy) is 1. The lowest BCUT2D eigenvalue weighted by Crippen LogP contribution is -1.93. The van der Waals surface area contributed by atoms with Gasteiger partial charge in [-0.1, -0.05) is 35.4 Å². The highest BCUT2D eigenvalue weighted by Gasteiger charge is 1.98. The van der Waals surface area contributed by atoms with Crippen molar-refractivity contribution < 1.29 is 4.74 Å². The Labute approximate surface area is 98.2 Å². The van der Waals surface area contributed by atoms with Gasteiger partial charge in [0.2, 0.25) is 0 Å². The van der Waals surface area contributed by atoms with Crippen LogP contribution in [-0.4, -0.2) is 12.5 Å². The number of benzene rings is 1. The predicted molar refractivity (Wildman–Crippen MR) is 61.8 cm³/mol. The third-order valence-electron chi connectivity index (χ3n) is 1.49. The first-order valence-electron chi connectivity index (χ1n) is 4.03. The van der Waals surface area contributed by atoms with E-state index >= 15 is 0 Å². The van der Waals surface area contributed by atoms with E-state index in [0.29, 0.717) is 28.3 Å². The zero-order valence-electron chi connectivity index (χ0n) is 7.34. The Bertz CT molecular complexity index is 323. The lowest BCUT2D eigenvalue weighted by atomic mass is 10.3. The molecule has 0 aliphatic heterocycles. The monoisotopic (exact) mass is 250 g/mol. The molecule has 0 N–H and O–H groups in total. The van der Waals surface area contributed by atoms with Gasteiger partial charge in [-0.2, -0.15) is 0 Å². The van der Waals surface area contributed by atoms with Crippen molar-refractivity contribution in [3.63, 3.8) is 0 Å². The van der Waals surface area contributed by atoms with Gasteiger partial charge in [0.15, 0.2) is 0 Å². The molecular formula is C10H9Cl3O. The van der Waals surface area contributed by atoms with Gasteiger partial charge in [0, 0.05) is 11.9 Å². The number of allylic oxidation sites excluding steroid dienone is 1. The summed E-state index contributed by atoms with van der Waals surface area (Å²) in [6.45, 7) is 0.477. The molecule has 0 aliphatic carbocycles. The molecule has 0 aliphatic rings. The molecule has 1 nitrogen and oxygen atoms in total. The molecule has 0 amide bonds. The summed E-state index contributed by atoms with van der Waals surface area (Å²) in [7, 11) is 0. The Morgan fingerprint density at radius 3 is 2.57 bits per heavy atom. The van der Waals surface area contributed by atoms with Crippen molar-refractivity contribution in [2.75, 3.05) is 12.5 Å². The van der Waals surface area contributed by atoms with E-state index in [1.165, 1.54) is 0 Å². The molecule has 0 atom stereocenters. The average molecular weight is 252 g/mol. The van der Waals surface area contributed by atoms with Crippen LogP contribution in [0.2, 0.25) is 10.0 Å². The van der Waals surface area contributed by atoms with Crippen LogP contribution in [0.25, 0.3) is 0 Å². The summed E-state index contributed by atoms with van der Waals surface area (Å²) in [5.41, 5.74) is 0. The molecule has 1 rings (SSSR count). The highest BCUT2D eigenvalue weighted by Crippen LogP contribution is 2.26. The fraction of sp³-hybridized carbons (Fsp3) is 0.200. The molecule has 0 fully saturated rings. The molecule has 0 radical (unpaired) electrons. The lowest BCUT2D eigenvalue weighted by molar-refractivity contribution is 0.363. The van der Waals surface area contributed by atoms with Crippen LogP contribution in [0.5, 0.6) is 5.75 Å². The van der Waals surface area contributed by atoms with Crippen molar-refractivity contribution in [3.05, 3.63) is 40.4 Å². The summed E-state index contributed by atoms with van der Waals surface area (Å²) < 4.78 is 5.36. The molecule has 76 valence electrons. The Balaban J connectivity index is 2.51. The van der Waals surface area contributed by atoms with Crippen molar-refractivity contribution in [1.82, 2.24) is 0 Å². The minimum Gasteiger partial charge on any atom is -0.489 e. The van der Waals surface area contributed by atoms with Crippen LogP contribution in [-0.2, 0) is 0 Å². The zero-order chi connectivity index (χ0) is 10.4. The predicted octanol–water partition coefficient (Wildman–Crippen LogP) is 4.17. The molecule has 0 saturated carbocycles. The third-order valence-corrected chi connectivity index (χ3v) is 2.41. The lowest BCUT2D eigenvalue weighted by Gasteiger charge is -2.03. The molecule has 0 saturated heterocycles. The smallest absolute Gasteiger partial charge is 0.121 e. The van der Waals surface area contributed by atoms with Crippen molar-refractivity contribution in [1.29, 1.82) is 0 Å². The molecule has 0 unspecified atom stereocenters. The summed E-state index contributed by atoms with van der Waals surface area (Å²) in [5, 5.41) is 1.01. The standard InChI is InChI=1S/C10H9Cl3O/c11-5-1-2-6-14-8-3-4-9(12)10(13)7-8/h1-4,7H,5-6H2. The van der Waals surface area contributed by atoms with Gasteiger partial charge < -0.3 is 4.74 Å². The topological polar surface area (TPSA) is 9.23 Å². The van der Waals surface area contributed by atoms with E-state index in [0.717, 1.165) is 0 Å². The second-order valence-electron chi connectivity index (χ2n) is 2.51. The SMILES string of the molecule is ClCC=CCOc1ccc(Cl)c(Cl)c1. The van der Waals surface area contributed by atoms with Crippen LogP contribution < -0.4 is 4.74 Å². The van der Waals surface area contributed by atoms with E-state index < -0.39 is 0 Å². The summed E-state index contributed by atoms with van der Waals surface area (Å²) in [6, 6.07) is 5.14. The fourth-order valence-corrected chi connectivity index (χ4v) is 1.26. The molecule has 1 aromatic rings. The van der Waals surface area contributed by atoms with Gasteiger partial charge in [0.25, 0.3) is 0 Å². The molecule has 0 aromatic heterocycles. The van der Waals surface area contributed by atoms with Crippen LogP contribution in [0.4, 0.5) is 0 Å². The molecule has 0 heterocycles. The van der Waals surface area contributed by atoms with Crippen LogP contribution in [0, 0.1) is 0 Å². The molecule has 1 aromatic carbocycles. The van der Waals surface area contributed by atoms with Gasteiger partial charge >= 0.3 is 0 Å². The van der Waals surface area contributed by atoms with Crippen molar-refractivity contribution in [2.45, 2.75) is 0 Å². The number of alkyl halides is 1. The fourth-order valence-electron chi connectivity index (χ4n) is 0.842. The number of halogens is 3. The van der Waals surface area contributed by atoms with Crippen LogP contribution in [0.1, 0.15) is 0 Å². The van der Waals surface area contributed by atoms with E-state index in [9.17, 15) is 0 Å². The Kier molecular flexibility index (Phi) is 5.16. The van der Waals surface area contributed by atoms with Crippen LogP contribution >= 0.6 is 34.8 Å². The summed E-state index contributed by atoms with van der Waals surface area (Å²) in [5.74, 6) is 1.18. The maximum atomic E-state index is 5.80. The number of hydrogen-bond acceptors (Lipinski definition) is 1. The largest absolute Gasteiger partial charge is 0.489 e. The molecule has 4 heteroatoms. The van der Waals surface area contributed by atoms with Crippen LogP contribution in [0.3, 0.4) is 0 Å². The summed E-state index contributed by atoms with van der Waals surface area (Å²) >= 11 is 17.0. The Morgan fingerprint density at radius 1 is 1.14 bits per heavy atom. The highest BCUT2D eigenvalue weighted by atomic mass is 35.5. The first kappa shape index (κ1) is 11.7. The first-order valence-corrected chi connectivity index (χ1v) is 5.32. The van der Waals surface area contributed by atoms with Gasteiger partial charge in [0.1, 0.15) is 12.4 Å². The first-order chi connectivity index (χ1) is 6.74. The van der Waals surface area contributed by atoms with E-state index in [1.807, 2.05) is 12.2 Å². The molecule has 0 bridgehead atoms. The van der Waals surface area contributed by atoms with Gasteiger partial charge in [-0.25, -0.2) is 0 Å². The van der Waals surface area contributed by atoms with Gasteiger partial charge in [-0.3, -0.25) is 0 Å².